The summed E-state index contributed by atoms with van der Waals surface area (Å²) >= 11 is 0. The van der Waals surface area contributed by atoms with Gasteiger partial charge >= 0.3 is 0 Å². The first kappa shape index (κ1) is 27.5. The van der Waals surface area contributed by atoms with E-state index in [2.05, 4.69) is 16.5 Å². The first-order valence-corrected chi connectivity index (χ1v) is 14.9. The van der Waals surface area contributed by atoms with Crippen molar-refractivity contribution in [3.8, 4) is 16.9 Å². The maximum absolute atomic E-state index is 13.6. The van der Waals surface area contributed by atoms with E-state index in [9.17, 15) is 8.42 Å². The Morgan fingerprint density at radius 3 is 2.45 bits per heavy atom. The highest BCUT2D eigenvalue weighted by atomic mass is 32.2. The molecule has 7 nitrogen and oxygen atoms in total. The maximum Gasteiger partial charge on any atom is 0.260 e. The van der Waals surface area contributed by atoms with Gasteiger partial charge in [-0.15, -0.1) is 0 Å². The Morgan fingerprint density at radius 2 is 1.75 bits per heavy atom. The second-order valence-corrected chi connectivity index (χ2v) is 12.4. The summed E-state index contributed by atoms with van der Waals surface area (Å²) in [7, 11) is -1.87. The fraction of sp³-hybridized carbons (Fsp3) is 0.281. The monoisotopic (exact) mass is 556 g/mol. The molecule has 3 aromatic rings. The van der Waals surface area contributed by atoms with Crippen LogP contribution in [-0.2, 0) is 16.6 Å². The van der Waals surface area contributed by atoms with Gasteiger partial charge in [-0.25, -0.2) is 8.42 Å². The molecule has 2 N–H and O–H groups in total. The zero-order valence-electron chi connectivity index (χ0n) is 23.3. The molecule has 0 unspecified atom stereocenters. The zero-order chi connectivity index (χ0) is 28.4. The van der Waals surface area contributed by atoms with Crippen molar-refractivity contribution in [3.63, 3.8) is 0 Å². The second kappa shape index (κ2) is 11.2. The van der Waals surface area contributed by atoms with Gasteiger partial charge in [0.2, 0.25) is 0 Å². The van der Waals surface area contributed by atoms with Crippen molar-refractivity contribution in [3.05, 3.63) is 94.9 Å². The van der Waals surface area contributed by atoms with E-state index in [1.165, 1.54) is 4.31 Å². The van der Waals surface area contributed by atoms with Crippen molar-refractivity contribution in [2.45, 2.75) is 39.3 Å². The van der Waals surface area contributed by atoms with Gasteiger partial charge in [0.25, 0.3) is 10.0 Å². The Balaban J connectivity index is 1.41. The van der Waals surface area contributed by atoms with Crippen LogP contribution in [0.2, 0.25) is 0 Å². The van der Waals surface area contributed by atoms with Crippen molar-refractivity contribution < 1.29 is 13.2 Å². The molecule has 0 atom stereocenters. The molecule has 0 spiro atoms. The lowest BCUT2D eigenvalue weighted by Gasteiger charge is -2.34. The molecule has 0 aliphatic carbocycles. The Kier molecular flexibility index (Phi) is 7.72. The second-order valence-electron chi connectivity index (χ2n) is 10.4. The third kappa shape index (κ3) is 5.63. The van der Waals surface area contributed by atoms with E-state index >= 15 is 0 Å². The SMILES string of the molecule is C=C(N)c1cccc(-c2cccc(CN3c4cc(OC5CCN(C(C)=NC)CC5)ccc4C=C(C)S3(=O)=O)c2)c1. The van der Waals surface area contributed by atoms with Gasteiger partial charge in [-0.2, -0.15) is 0 Å². The average Bonchev–Trinajstić information content (AvgIpc) is 2.96. The van der Waals surface area contributed by atoms with E-state index in [0.29, 0.717) is 22.0 Å². The smallest absolute Gasteiger partial charge is 0.260 e. The summed E-state index contributed by atoms with van der Waals surface area (Å²) in [4.78, 5) is 6.88. The van der Waals surface area contributed by atoms with E-state index in [0.717, 1.165) is 59.6 Å². The van der Waals surface area contributed by atoms with Crippen molar-refractivity contribution in [2.24, 2.45) is 10.7 Å². The number of hydrogen-bond acceptors (Lipinski definition) is 5. The number of likely N-dealkylation sites (tertiary alicyclic amines) is 1. The van der Waals surface area contributed by atoms with Gasteiger partial charge in [0.15, 0.2) is 0 Å². The van der Waals surface area contributed by atoms with Gasteiger partial charge in [-0.05, 0) is 66.4 Å². The molecule has 2 aliphatic heterocycles. The van der Waals surface area contributed by atoms with Crippen LogP contribution in [0.1, 0.15) is 43.4 Å². The number of rotatable bonds is 6. The number of allylic oxidation sites excluding steroid dienone is 1. The van der Waals surface area contributed by atoms with Crippen LogP contribution in [0.25, 0.3) is 22.9 Å². The van der Waals surface area contributed by atoms with Crippen LogP contribution < -0.4 is 14.8 Å². The molecule has 0 bridgehead atoms. The number of anilines is 1. The first-order chi connectivity index (χ1) is 19.2. The number of fused-ring (bicyclic) bond motifs is 1. The van der Waals surface area contributed by atoms with Crippen LogP contribution in [0.4, 0.5) is 5.69 Å². The highest BCUT2D eigenvalue weighted by Crippen LogP contribution is 2.38. The molecular weight excluding hydrogens is 520 g/mol. The molecule has 1 saturated heterocycles. The van der Waals surface area contributed by atoms with Gasteiger partial charge < -0.3 is 15.4 Å². The quantitative estimate of drug-likeness (QED) is 0.302. The number of nitrogens with zero attached hydrogens (tertiary/aromatic N) is 3. The third-order valence-electron chi connectivity index (χ3n) is 7.67. The molecule has 2 aliphatic rings. The molecule has 3 aromatic carbocycles. The van der Waals surface area contributed by atoms with Crippen molar-refractivity contribution in [1.82, 2.24) is 4.90 Å². The number of sulfonamides is 1. The van der Waals surface area contributed by atoms with Gasteiger partial charge in [-0.1, -0.05) is 43.0 Å². The predicted molar refractivity (Wildman–Crippen MR) is 165 cm³/mol. The minimum Gasteiger partial charge on any atom is -0.490 e. The van der Waals surface area contributed by atoms with Crippen molar-refractivity contribution in [1.29, 1.82) is 0 Å². The standard InChI is InChI=1S/C32H36N4O3S/c1-22-17-29-11-12-31(39-30-13-15-35(16-14-30)24(3)34-4)20-32(29)36(40(22,37)38)21-25-7-5-9-27(18-25)28-10-6-8-26(19-28)23(2)33/h5-12,17-20,30H,2,13-16,21,33H2,1,3-4H3. The number of nitrogens with two attached hydrogens (primary N) is 1. The van der Waals surface area contributed by atoms with Crippen LogP contribution in [-0.4, -0.2) is 45.4 Å². The molecule has 40 heavy (non-hydrogen) atoms. The lowest BCUT2D eigenvalue weighted by molar-refractivity contribution is 0.131. The molecule has 0 amide bonds. The molecule has 0 saturated carbocycles. The zero-order valence-corrected chi connectivity index (χ0v) is 24.1. The van der Waals surface area contributed by atoms with Crippen molar-refractivity contribution in [2.75, 3.05) is 24.4 Å². The maximum atomic E-state index is 13.6. The number of amidine groups is 1. The minimum absolute atomic E-state index is 0.0712. The van der Waals surface area contributed by atoms with Crippen LogP contribution in [0.15, 0.2) is 83.2 Å². The summed E-state index contributed by atoms with van der Waals surface area (Å²) < 4.78 is 35.0. The number of benzene rings is 3. The van der Waals surface area contributed by atoms with E-state index in [1.54, 1.807) is 13.0 Å². The van der Waals surface area contributed by atoms with Crippen LogP contribution >= 0.6 is 0 Å². The third-order valence-corrected chi connectivity index (χ3v) is 9.51. The topological polar surface area (TPSA) is 88.2 Å². The fourth-order valence-electron chi connectivity index (χ4n) is 5.25. The van der Waals surface area contributed by atoms with Gasteiger partial charge in [0, 0.05) is 50.3 Å². The summed E-state index contributed by atoms with van der Waals surface area (Å²) in [6.07, 6.45) is 3.58. The summed E-state index contributed by atoms with van der Waals surface area (Å²) in [6, 6.07) is 21.5. The Bertz CT molecular complexity index is 1600. The highest BCUT2D eigenvalue weighted by Gasteiger charge is 2.31. The fourth-order valence-corrected chi connectivity index (χ4v) is 6.61. The van der Waals surface area contributed by atoms with Crippen LogP contribution in [0.3, 0.4) is 0 Å². The van der Waals surface area contributed by atoms with Crippen molar-refractivity contribution >= 4 is 33.3 Å². The van der Waals surface area contributed by atoms with E-state index in [-0.39, 0.29) is 12.6 Å². The molecular formula is C32H36N4O3S. The summed E-state index contributed by atoms with van der Waals surface area (Å²) in [6.45, 7) is 9.49. The molecule has 2 heterocycles. The molecule has 1 fully saturated rings. The molecule has 5 rings (SSSR count). The van der Waals surface area contributed by atoms with Gasteiger partial charge in [0.1, 0.15) is 11.9 Å². The lowest BCUT2D eigenvalue weighted by atomic mass is 10.00. The predicted octanol–water partition coefficient (Wildman–Crippen LogP) is 5.89. The first-order valence-electron chi connectivity index (χ1n) is 13.5. The lowest BCUT2D eigenvalue weighted by Crippen LogP contribution is -2.40. The molecule has 0 aromatic heterocycles. The van der Waals surface area contributed by atoms with Gasteiger partial charge in [-0.3, -0.25) is 9.30 Å². The molecule has 0 radical (unpaired) electrons. The Hall–Kier alpha value is -4.04. The summed E-state index contributed by atoms with van der Waals surface area (Å²) in [5, 5.41) is 0. The number of aliphatic imine (C=N–C) groups is 1. The number of hydrogen-bond donors (Lipinski definition) is 1. The Labute approximate surface area is 237 Å². The van der Waals surface area contributed by atoms with Crippen LogP contribution in [0, 0.1) is 0 Å². The number of piperidine rings is 1. The number of ether oxygens (including phenoxy) is 1. The Morgan fingerprint density at radius 1 is 1.05 bits per heavy atom. The largest absolute Gasteiger partial charge is 0.490 e. The minimum atomic E-state index is -3.69. The summed E-state index contributed by atoms with van der Waals surface area (Å²) in [5.41, 5.74) is 11.6. The van der Waals surface area contributed by atoms with E-state index in [4.69, 9.17) is 10.5 Å². The van der Waals surface area contributed by atoms with E-state index < -0.39 is 10.0 Å². The normalized spacial score (nSPS) is 17.3. The van der Waals surface area contributed by atoms with E-state index in [1.807, 2.05) is 80.7 Å². The van der Waals surface area contributed by atoms with Gasteiger partial charge in [0.05, 0.1) is 23.0 Å². The molecule has 208 valence electrons. The average molecular weight is 557 g/mol. The molecule has 8 heteroatoms. The highest BCUT2D eigenvalue weighted by molar-refractivity contribution is 7.96. The summed E-state index contributed by atoms with van der Waals surface area (Å²) in [5.74, 6) is 1.72. The van der Waals surface area contributed by atoms with Crippen LogP contribution in [0.5, 0.6) is 5.75 Å².